The van der Waals surface area contributed by atoms with Crippen LogP contribution in [-0.2, 0) is 25.7 Å². The molecular formula is C37H42N2O6. The van der Waals surface area contributed by atoms with E-state index in [0.717, 1.165) is 61.4 Å². The van der Waals surface area contributed by atoms with Gasteiger partial charge in [0, 0.05) is 25.2 Å². The van der Waals surface area contributed by atoms with Crippen LogP contribution in [-0.4, -0.2) is 68.5 Å². The molecule has 8 nitrogen and oxygen atoms in total. The minimum Gasteiger partial charge on any atom is -0.504 e. The van der Waals surface area contributed by atoms with Crippen molar-refractivity contribution in [3.8, 4) is 40.2 Å². The van der Waals surface area contributed by atoms with Crippen molar-refractivity contribution >= 4 is 0 Å². The second-order valence-corrected chi connectivity index (χ2v) is 12.1. The number of hydrogen-bond acceptors (Lipinski definition) is 8. The Hall–Kier alpha value is -4.40. The largest absolute Gasteiger partial charge is 0.504 e. The third-order valence-corrected chi connectivity index (χ3v) is 9.37. The molecule has 0 saturated heterocycles. The molecule has 236 valence electrons. The number of hydrogen-bond donors (Lipinski definition) is 2. The van der Waals surface area contributed by atoms with E-state index in [4.69, 9.17) is 18.9 Å². The third kappa shape index (κ3) is 6.26. The quantitative estimate of drug-likeness (QED) is 0.224. The maximum atomic E-state index is 10.7. The summed E-state index contributed by atoms with van der Waals surface area (Å²) in [6.07, 6.45) is 3.41. The molecule has 0 amide bonds. The minimum absolute atomic E-state index is 0.101. The number of rotatable bonds is 9. The molecule has 1 unspecified atom stereocenters. The molecule has 0 radical (unpaired) electrons. The second-order valence-electron chi connectivity index (χ2n) is 12.1. The van der Waals surface area contributed by atoms with E-state index < -0.39 is 0 Å². The normalized spacial score (nSPS) is 18.2. The zero-order chi connectivity index (χ0) is 31.7. The van der Waals surface area contributed by atoms with E-state index in [-0.39, 0.29) is 23.6 Å². The minimum atomic E-state index is 0.101. The van der Waals surface area contributed by atoms with Gasteiger partial charge in [-0.1, -0.05) is 18.2 Å². The van der Waals surface area contributed by atoms with Crippen molar-refractivity contribution in [3.05, 3.63) is 100 Å². The van der Waals surface area contributed by atoms with Gasteiger partial charge in [-0.25, -0.2) is 0 Å². The van der Waals surface area contributed by atoms with Crippen molar-refractivity contribution in [1.82, 2.24) is 9.80 Å². The van der Waals surface area contributed by atoms with Gasteiger partial charge in [0.2, 0.25) is 0 Å². The zero-order valence-corrected chi connectivity index (χ0v) is 26.7. The van der Waals surface area contributed by atoms with Crippen molar-refractivity contribution in [1.29, 1.82) is 0 Å². The van der Waals surface area contributed by atoms with Crippen molar-refractivity contribution in [2.75, 3.05) is 48.5 Å². The van der Waals surface area contributed by atoms with Crippen molar-refractivity contribution < 1.29 is 29.2 Å². The first-order chi connectivity index (χ1) is 21.8. The highest BCUT2D eigenvalue weighted by molar-refractivity contribution is 5.51. The topological polar surface area (TPSA) is 83.9 Å². The van der Waals surface area contributed by atoms with Gasteiger partial charge in [-0.15, -0.1) is 0 Å². The number of benzene rings is 4. The molecule has 0 aromatic heterocycles. The first-order valence-corrected chi connectivity index (χ1v) is 15.4. The van der Waals surface area contributed by atoms with Gasteiger partial charge in [0.1, 0.15) is 5.75 Å². The SMILES string of the molecule is COc1cc2c(cc1O)CCN(C)[C@@H]2Cc1ccc(Oc2cc(CC3c4cc(OC)c(OC)cc4CCN3C)ccc2O)cc1. The van der Waals surface area contributed by atoms with Gasteiger partial charge in [-0.05, 0) is 122 Å². The van der Waals surface area contributed by atoms with E-state index in [2.05, 4.69) is 48.2 Å². The lowest BCUT2D eigenvalue weighted by atomic mass is 9.88. The number of ether oxygens (including phenoxy) is 4. The van der Waals surface area contributed by atoms with E-state index >= 15 is 0 Å². The molecule has 45 heavy (non-hydrogen) atoms. The lowest BCUT2D eigenvalue weighted by Crippen LogP contribution is -2.33. The van der Waals surface area contributed by atoms with Crippen LogP contribution in [0.3, 0.4) is 0 Å². The van der Waals surface area contributed by atoms with E-state index in [0.29, 0.717) is 17.2 Å². The summed E-state index contributed by atoms with van der Waals surface area (Å²) >= 11 is 0. The molecule has 6 rings (SSSR count). The number of phenols is 2. The fraction of sp³-hybridized carbons (Fsp3) is 0.351. The Labute approximate surface area is 265 Å². The van der Waals surface area contributed by atoms with Gasteiger partial charge in [-0.3, -0.25) is 9.80 Å². The van der Waals surface area contributed by atoms with E-state index in [9.17, 15) is 10.2 Å². The summed E-state index contributed by atoms with van der Waals surface area (Å²) in [6, 6.07) is 22.0. The summed E-state index contributed by atoms with van der Waals surface area (Å²) in [7, 11) is 9.20. The Morgan fingerprint density at radius 2 is 1.13 bits per heavy atom. The Kier molecular flexibility index (Phi) is 8.79. The molecule has 4 aromatic carbocycles. The summed E-state index contributed by atoms with van der Waals surface area (Å²) in [4.78, 5) is 4.71. The molecule has 2 heterocycles. The molecule has 0 fully saturated rings. The number of fused-ring (bicyclic) bond motifs is 2. The van der Waals surface area contributed by atoms with Crippen molar-refractivity contribution in [2.24, 2.45) is 0 Å². The molecule has 2 atom stereocenters. The number of phenolic OH excluding ortho intramolecular Hbond substituents is 2. The van der Waals surface area contributed by atoms with Gasteiger partial charge < -0.3 is 29.2 Å². The molecule has 2 aliphatic rings. The second kappa shape index (κ2) is 12.9. The molecule has 0 aliphatic carbocycles. The van der Waals surface area contributed by atoms with E-state index in [1.54, 1.807) is 27.4 Å². The van der Waals surface area contributed by atoms with Gasteiger partial charge in [0.15, 0.2) is 34.5 Å². The predicted molar refractivity (Wildman–Crippen MR) is 174 cm³/mol. The number of methoxy groups -OCH3 is 3. The maximum Gasteiger partial charge on any atom is 0.169 e. The Bertz CT molecular complexity index is 1670. The molecule has 0 saturated carbocycles. The highest BCUT2D eigenvalue weighted by atomic mass is 16.5. The van der Waals surface area contributed by atoms with Crippen LogP contribution in [0.25, 0.3) is 0 Å². The monoisotopic (exact) mass is 610 g/mol. The average molecular weight is 611 g/mol. The highest BCUT2D eigenvalue weighted by Gasteiger charge is 2.28. The van der Waals surface area contributed by atoms with Crippen LogP contribution in [0.4, 0.5) is 0 Å². The lowest BCUT2D eigenvalue weighted by molar-refractivity contribution is 0.227. The Morgan fingerprint density at radius 1 is 0.600 bits per heavy atom. The van der Waals surface area contributed by atoms with Crippen LogP contribution in [0.1, 0.15) is 45.5 Å². The molecule has 0 spiro atoms. The van der Waals surface area contributed by atoms with Crippen LogP contribution < -0.4 is 18.9 Å². The third-order valence-electron chi connectivity index (χ3n) is 9.37. The standard InChI is InChI=1S/C37H42N2O6/c1-38-14-12-25-19-33(41)34(42-3)21-28(25)30(38)16-23-6-9-27(10-7-23)45-35-18-24(8-11-32(35)40)17-31-29-22-37(44-5)36(43-4)20-26(29)13-15-39(31)2/h6-11,18-22,30-31,40-41H,12-17H2,1-5H3/t30-,31?/m1/s1. The smallest absolute Gasteiger partial charge is 0.169 e. The fourth-order valence-electron chi connectivity index (χ4n) is 6.73. The number of aromatic hydroxyl groups is 2. The predicted octanol–water partition coefficient (Wildman–Crippen LogP) is 6.46. The summed E-state index contributed by atoms with van der Waals surface area (Å²) in [5.41, 5.74) is 7.08. The summed E-state index contributed by atoms with van der Waals surface area (Å²) < 4.78 is 22.8. The molecule has 2 aliphatic heterocycles. The van der Waals surface area contributed by atoms with Crippen LogP contribution in [0, 0.1) is 0 Å². The Morgan fingerprint density at radius 3 is 1.76 bits per heavy atom. The lowest BCUT2D eigenvalue weighted by Gasteiger charge is -2.35. The average Bonchev–Trinajstić information content (AvgIpc) is 3.05. The first-order valence-electron chi connectivity index (χ1n) is 15.4. The van der Waals surface area contributed by atoms with Gasteiger partial charge in [-0.2, -0.15) is 0 Å². The van der Waals surface area contributed by atoms with Crippen LogP contribution in [0.15, 0.2) is 66.7 Å². The zero-order valence-electron chi connectivity index (χ0n) is 26.7. The fourth-order valence-corrected chi connectivity index (χ4v) is 6.73. The molecule has 4 aromatic rings. The summed E-state index contributed by atoms with van der Waals surface area (Å²) in [5.74, 6) is 3.36. The molecule has 2 N–H and O–H groups in total. The van der Waals surface area contributed by atoms with Crippen LogP contribution in [0.2, 0.25) is 0 Å². The molecule has 0 bridgehead atoms. The van der Waals surface area contributed by atoms with E-state index in [1.165, 1.54) is 22.3 Å². The van der Waals surface area contributed by atoms with Gasteiger partial charge in [0.05, 0.1) is 21.3 Å². The first kappa shape index (κ1) is 30.6. The van der Waals surface area contributed by atoms with Crippen LogP contribution >= 0.6 is 0 Å². The maximum absolute atomic E-state index is 10.7. The van der Waals surface area contributed by atoms with Crippen LogP contribution in [0.5, 0.6) is 40.2 Å². The number of nitrogens with zero attached hydrogens (tertiary/aromatic N) is 2. The van der Waals surface area contributed by atoms with Crippen molar-refractivity contribution in [2.45, 2.75) is 37.8 Å². The number of likely N-dealkylation sites (N-methyl/N-ethyl adjacent to an activating group) is 2. The van der Waals surface area contributed by atoms with Gasteiger partial charge in [0.25, 0.3) is 0 Å². The highest BCUT2D eigenvalue weighted by Crippen LogP contribution is 2.41. The molecular weight excluding hydrogens is 568 g/mol. The van der Waals surface area contributed by atoms with Gasteiger partial charge >= 0.3 is 0 Å². The van der Waals surface area contributed by atoms with E-state index in [1.807, 2.05) is 36.4 Å². The summed E-state index contributed by atoms with van der Waals surface area (Å²) in [6.45, 7) is 1.86. The summed E-state index contributed by atoms with van der Waals surface area (Å²) in [5, 5.41) is 21.0. The molecule has 8 heteroatoms. The van der Waals surface area contributed by atoms with Crippen molar-refractivity contribution in [3.63, 3.8) is 0 Å². The Balaban J connectivity index is 1.18.